The number of rotatable bonds is 4. The number of methoxy groups -OCH3 is 1. The van der Waals surface area contributed by atoms with Crippen molar-refractivity contribution in [1.29, 1.82) is 0 Å². The van der Waals surface area contributed by atoms with Crippen molar-refractivity contribution >= 4 is 29.4 Å². The van der Waals surface area contributed by atoms with Crippen LogP contribution < -0.4 is 5.32 Å². The van der Waals surface area contributed by atoms with Crippen molar-refractivity contribution in [3.63, 3.8) is 0 Å². The number of carbonyl (C=O) groups excluding carboxylic acids is 3. The highest BCUT2D eigenvalue weighted by Crippen LogP contribution is 2.18. The molecular formula is C16H19ClN2O4. The molecule has 1 heterocycles. The monoisotopic (exact) mass is 338 g/mol. The van der Waals surface area contributed by atoms with Crippen LogP contribution in [0, 0.1) is 5.92 Å². The number of nitrogens with one attached hydrogen (secondary N) is 1. The molecule has 1 aliphatic rings. The van der Waals surface area contributed by atoms with E-state index in [0.29, 0.717) is 36.5 Å². The number of halogens is 1. The van der Waals surface area contributed by atoms with Gasteiger partial charge in [-0.15, -0.1) is 0 Å². The molecule has 124 valence electrons. The van der Waals surface area contributed by atoms with Crippen LogP contribution in [0.5, 0.6) is 0 Å². The Kier molecular flexibility index (Phi) is 5.98. The lowest BCUT2D eigenvalue weighted by Crippen LogP contribution is -2.45. The van der Waals surface area contributed by atoms with Gasteiger partial charge in [0.15, 0.2) is 0 Å². The van der Waals surface area contributed by atoms with E-state index >= 15 is 0 Å². The van der Waals surface area contributed by atoms with Crippen LogP contribution in [0.4, 0.5) is 0 Å². The van der Waals surface area contributed by atoms with E-state index in [1.165, 1.54) is 7.11 Å². The summed E-state index contributed by atoms with van der Waals surface area (Å²) in [5.41, 5.74) is 0.412. The third kappa shape index (κ3) is 4.69. The van der Waals surface area contributed by atoms with E-state index in [1.54, 1.807) is 29.2 Å². The quantitative estimate of drug-likeness (QED) is 0.844. The van der Waals surface area contributed by atoms with Gasteiger partial charge in [0.1, 0.15) is 0 Å². The molecule has 0 unspecified atom stereocenters. The fraction of sp³-hybridized carbons (Fsp3) is 0.438. The number of hydrogen-bond acceptors (Lipinski definition) is 4. The normalized spacial score (nSPS) is 15.1. The minimum absolute atomic E-state index is 0.0752. The first-order valence-electron chi connectivity index (χ1n) is 7.40. The molecule has 23 heavy (non-hydrogen) atoms. The summed E-state index contributed by atoms with van der Waals surface area (Å²) >= 11 is 5.83. The first-order valence-corrected chi connectivity index (χ1v) is 7.78. The maximum Gasteiger partial charge on any atom is 0.308 e. The van der Waals surface area contributed by atoms with Gasteiger partial charge in [-0.25, -0.2) is 0 Å². The number of benzene rings is 1. The van der Waals surface area contributed by atoms with Gasteiger partial charge in [-0.1, -0.05) is 17.7 Å². The molecule has 7 heteroatoms. The minimum atomic E-state index is -0.342. The zero-order valence-electron chi connectivity index (χ0n) is 12.9. The highest BCUT2D eigenvalue weighted by atomic mass is 35.5. The van der Waals surface area contributed by atoms with Crippen molar-refractivity contribution in [2.75, 3.05) is 26.7 Å². The summed E-state index contributed by atoms with van der Waals surface area (Å²) in [6, 6.07) is 6.53. The van der Waals surface area contributed by atoms with Crippen molar-refractivity contribution in [2.45, 2.75) is 12.8 Å². The van der Waals surface area contributed by atoms with Crippen LogP contribution in [0.25, 0.3) is 0 Å². The van der Waals surface area contributed by atoms with Crippen molar-refractivity contribution < 1.29 is 19.1 Å². The van der Waals surface area contributed by atoms with E-state index in [0.717, 1.165) is 0 Å². The number of esters is 1. The first-order chi connectivity index (χ1) is 11.0. The molecule has 0 atom stereocenters. The summed E-state index contributed by atoms with van der Waals surface area (Å²) in [6.45, 7) is 0.908. The number of piperidine rings is 1. The highest BCUT2D eigenvalue weighted by molar-refractivity contribution is 6.30. The number of likely N-dealkylation sites (tertiary alicyclic amines) is 1. The molecule has 1 saturated heterocycles. The standard InChI is InChI=1S/C16H19ClN2O4/c1-23-16(22)11-5-7-19(8-6-11)14(20)10-18-15(21)12-3-2-4-13(17)9-12/h2-4,9,11H,5-8,10H2,1H3,(H,18,21). The van der Waals surface area contributed by atoms with Crippen molar-refractivity contribution in [3.8, 4) is 0 Å². The molecule has 2 amide bonds. The van der Waals surface area contributed by atoms with Gasteiger partial charge in [0.25, 0.3) is 5.91 Å². The predicted molar refractivity (Wildman–Crippen MR) is 85.1 cm³/mol. The second-order valence-electron chi connectivity index (χ2n) is 5.37. The van der Waals surface area contributed by atoms with Gasteiger partial charge in [-0.3, -0.25) is 14.4 Å². The third-order valence-electron chi connectivity index (χ3n) is 3.87. The van der Waals surface area contributed by atoms with E-state index in [4.69, 9.17) is 16.3 Å². The van der Waals surface area contributed by atoms with E-state index in [9.17, 15) is 14.4 Å². The molecule has 1 fully saturated rings. The van der Waals surface area contributed by atoms with Gasteiger partial charge < -0.3 is 15.0 Å². The van der Waals surface area contributed by atoms with E-state index in [-0.39, 0.29) is 30.2 Å². The largest absolute Gasteiger partial charge is 0.469 e. The van der Waals surface area contributed by atoms with Crippen molar-refractivity contribution in [2.24, 2.45) is 5.92 Å². The molecule has 0 spiro atoms. The first kappa shape index (κ1) is 17.3. The molecule has 1 N–H and O–H groups in total. The van der Waals surface area contributed by atoms with Crippen molar-refractivity contribution in [3.05, 3.63) is 34.9 Å². The van der Waals surface area contributed by atoms with Crippen LogP contribution in [0.3, 0.4) is 0 Å². The number of ether oxygens (including phenoxy) is 1. The Morgan fingerprint density at radius 3 is 2.61 bits per heavy atom. The fourth-order valence-electron chi connectivity index (χ4n) is 2.53. The van der Waals surface area contributed by atoms with Crippen LogP contribution in [0.15, 0.2) is 24.3 Å². The number of amides is 2. The van der Waals surface area contributed by atoms with Crippen LogP contribution in [-0.4, -0.2) is 49.4 Å². The van der Waals surface area contributed by atoms with Gasteiger partial charge >= 0.3 is 5.97 Å². The summed E-state index contributed by atoms with van der Waals surface area (Å²) in [5, 5.41) is 3.05. The summed E-state index contributed by atoms with van der Waals surface area (Å²) < 4.78 is 4.71. The lowest BCUT2D eigenvalue weighted by Gasteiger charge is -2.30. The second kappa shape index (κ2) is 7.97. The van der Waals surface area contributed by atoms with E-state index in [1.807, 2.05) is 0 Å². The fourth-order valence-corrected chi connectivity index (χ4v) is 2.72. The predicted octanol–water partition coefficient (Wildman–Crippen LogP) is 1.48. The van der Waals surface area contributed by atoms with E-state index in [2.05, 4.69) is 5.32 Å². The van der Waals surface area contributed by atoms with Crippen LogP contribution in [0.1, 0.15) is 23.2 Å². The zero-order chi connectivity index (χ0) is 16.8. The SMILES string of the molecule is COC(=O)C1CCN(C(=O)CNC(=O)c2cccc(Cl)c2)CC1. The number of hydrogen-bond donors (Lipinski definition) is 1. The van der Waals surface area contributed by atoms with Gasteiger partial charge in [0.2, 0.25) is 5.91 Å². The summed E-state index contributed by atoms with van der Waals surface area (Å²) in [4.78, 5) is 37.2. The van der Waals surface area contributed by atoms with Gasteiger partial charge in [0, 0.05) is 23.7 Å². The lowest BCUT2D eigenvalue weighted by atomic mass is 9.97. The average molecular weight is 339 g/mol. The molecule has 2 rings (SSSR count). The van der Waals surface area contributed by atoms with Gasteiger partial charge in [0.05, 0.1) is 19.6 Å². The Morgan fingerprint density at radius 1 is 1.30 bits per heavy atom. The molecule has 1 aliphatic heterocycles. The molecule has 0 aromatic heterocycles. The molecule has 0 saturated carbocycles. The zero-order valence-corrected chi connectivity index (χ0v) is 13.6. The molecule has 1 aromatic carbocycles. The third-order valence-corrected chi connectivity index (χ3v) is 4.10. The maximum absolute atomic E-state index is 12.1. The Morgan fingerprint density at radius 2 is 2.00 bits per heavy atom. The maximum atomic E-state index is 12.1. The average Bonchev–Trinajstić information content (AvgIpc) is 2.58. The van der Waals surface area contributed by atoms with Crippen molar-refractivity contribution in [1.82, 2.24) is 10.2 Å². The topological polar surface area (TPSA) is 75.7 Å². The summed E-state index contributed by atoms with van der Waals surface area (Å²) in [6.07, 6.45) is 1.17. The summed E-state index contributed by atoms with van der Waals surface area (Å²) in [5.74, 6) is -0.884. The number of nitrogens with zero attached hydrogens (tertiary/aromatic N) is 1. The Bertz CT molecular complexity index is 597. The molecule has 0 bridgehead atoms. The smallest absolute Gasteiger partial charge is 0.308 e. The Labute approximate surface area is 139 Å². The molecule has 6 nitrogen and oxygen atoms in total. The van der Waals surface area contributed by atoms with Gasteiger partial charge in [-0.05, 0) is 31.0 Å². The van der Waals surface area contributed by atoms with E-state index < -0.39 is 0 Å². The number of carbonyl (C=O) groups is 3. The molecule has 1 aromatic rings. The van der Waals surface area contributed by atoms with Crippen LogP contribution in [0.2, 0.25) is 5.02 Å². The Balaban J connectivity index is 1.79. The molecular weight excluding hydrogens is 320 g/mol. The van der Waals surface area contributed by atoms with Crippen LogP contribution in [-0.2, 0) is 14.3 Å². The van der Waals surface area contributed by atoms with Crippen LogP contribution >= 0.6 is 11.6 Å². The highest BCUT2D eigenvalue weighted by Gasteiger charge is 2.27. The van der Waals surface area contributed by atoms with Gasteiger partial charge in [-0.2, -0.15) is 0 Å². The molecule has 0 radical (unpaired) electrons. The minimum Gasteiger partial charge on any atom is -0.469 e. The molecule has 0 aliphatic carbocycles. The lowest BCUT2D eigenvalue weighted by molar-refractivity contribution is -0.148. The Hall–Kier alpha value is -2.08. The summed E-state index contributed by atoms with van der Waals surface area (Å²) in [7, 11) is 1.37. The second-order valence-corrected chi connectivity index (χ2v) is 5.81.